The average Bonchev–Trinajstić information content (AvgIpc) is 3.53. The minimum Gasteiger partial charge on any atom is -0.366 e. The van der Waals surface area contributed by atoms with Crippen LogP contribution in [0.1, 0.15) is 30.6 Å². The zero-order valence-corrected chi connectivity index (χ0v) is 18.7. The fourth-order valence-corrected chi connectivity index (χ4v) is 5.12. The number of nitrogen functional groups attached to an aromatic ring is 1. The van der Waals surface area contributed by atoms with Gasteiger partial charge in [0.15, 0.2) is 5.65 Å². The molecule has 1 saturated heterocycles. The van der Waals surface area contributed by atoms with Crippen molar-refractivity contribution in [2.45, 2.75) is 25.8 Å². The molecule has 6 rings (SSSR count). The predicted molar refractivity (Wildman–Crippen MR) is 127 cm³/mol. The van der Waals surface area contributed by atoms with Crippen LogP contribution in [0.3, 0.4) is 0 Å². The molecule has 5 heterocycles. The van der Waals surface area contributed by atoms with E-state index in [1.165, 1.54) is 12.1 Å². The SMILES string of the molecule is CC1CC(c2cccc(F)c2)N(C(=O)N2CCc3ncc(-c4ccn5nc(N)nc5c4)cc32)C1. The van der Waals surface area contributed by atoms with Gasteiger partial charge in [0.25, 0.3) is 0 Å². The molecular formula is C25H24FN7O. The summed E-state index contributed by atoms with van der Waals surface area (Å²) in [7, 11) is 0. The Kier molecular flexibility index (Phi) is 4.72. The van der Waals surface area contributed by atoms with E-state index in [0.29, 0.717) is 31.1 Å². The quantitative estimate of drug-likeness (QED) is 0.490. The number of urea groups is 1. The van der Waals surface area contributed by atoms with Crippen LogP contribution in [0.25, 0.3) is 16.8 Å². The summed E-state index contributed by atoms with van der Waals surface area (Å²) < 4.78 is 15.5. The first-order valence-corrected chi connectivity index (χ1v) is 11.4. The Balaban J connectivity index is 1.32. The van der Waals surface area contributed by atoms with Crippen LogP contribution < -0.4 is 10.6 Å². The number of hydrogen-bond donors (Lipinski definition) is 1. The van der Waals surface area contributed by atoms with Gasteiger partial charge in [0.05, 0.1) is 17.4 Å². The van der Waals surface area contributed by atoms with Gasteiger partial charge in [-0.15, -0.1) is 5.10 Å². The smallest absolute Gasteiger partial charge is 0.325 e. The monoisotopic (exact) mass is 457 g/mol. The molecular weight excluding hydrogens is 433 g/mol. The number of pyridine rings is 2. The van der Waals surface area contributed by atoms with Crippen molar-refractivity contribution < 1.29 is 9.18 Å². The van der Waals surface area contributed by atoms with Gasteiger partial charge in [-0.05, 0) is 53.8 Å². The van der Waals surface area contributed by atoms with Gasteiger partial charge in [-0.2, -0.15) is 4.98 Å². The molecule has 2 atom stereocenters. The van der Waals surface area contributed by atoms with Crippen molar-refractivity contribution in [2.24, 2.45) is 5.92 Å². The summed E-state index contributed by atoms with van der Waals surface area (Å²) in [6, 6.07) is 12.2. The second-order valence-corrected chi connectivity index (χ2v) is 9.13. The summed E-state index contributed by atoms with van der Waals surface area (Å²) in [4.78, 5) is 26.3. The van der Waals surface area contributed by atoms with Crippen LogP contribution in [-0.2, 0) is 6.42 Å². The van der Waals surface area contributed by atoms with Crippen LogP contribution in [0.4, 0.5) is 20.8 Å². The molecule has 0 spiro atoms. The molecule has 2 aliphatic rings. The number of anilines is 2. The lowest BCUT2D eigenvalue weighted by molar-refractivity contribution is 0.199. The molecule has 8 nitrogen and oxygen atoms in total. The number of halogens is 1. The minimum absolute atomic E-state index is 0.0583. The fraction of sp³-hybridized carbons (Fsp3) is 0.280. The highest BCUT2D eigenvalue weighted by atomic mass is 19.1. The molecule has 172 valence electrons. The van der Waals surface area contributed by atoms with E-state index in [0.717, 1.165) is 34.5 Å². The zero-order valence-electron chi connectivity index (χ0n) is 18.7. The standard InChI is InChI=1S/C25H24FN7O/c1-15-9-21(17-3-2-4-19(26)10-17)32(14-15)25(34)31-7-6-20-22(31)11-18(13-28-20)16-5-8-33-23(12-16)29-24(27)30-33/h2-5,8,10-13,15,21H,6-7,9,14H2,1H3,(H2,27,30). The van der Waals surface area contributed by atoms with Crippen molar-refractivity contribution in [3.05, 3.63) is 71.9 Å². The van der Waals surface area contributed by atoms with Gasteiger partial charge in [0, 0.05) is 37.5 Å². The summed E-state index contributed by atoms with van der Waals surface area (Å²) in [6.45, 7) is 3.35. The Morgan fingerprint density at radius 1 is 1.18 bits per heavy atom. The van der Waals surface area contributed by atoms with Gasteiger partial charge in [-0.3, -0.25) is 9.88 Å². The van der Waals surface area contributed by atoms with Crippen molar-refractivity contribution >= 4 is 23.3 Å². The molecule has 1 fully saturated rings. The Morgan fingerprint density at radius 2 is 2.06 bits per heavy atom. The lowest BCUT2D eigenvalue weighted by atomic mass is 10.0. The van der Waals surface area contributed by atoms with E-state index >= 15 is 0 Å². The number of rotatable bonds is 2. The molecule has 2 amide bonds. The van der Waals surface area contributed by atoms with Gasteiger partial charge in [0.2, 0.25) is 5.95 Å². The molecule has 9 heteroatoms. The summed E-state index contributed by atoms with van der Waals surface area (Å²) in [5.74, 6) is 0.274. The summed E-state index contributed by atoms with van der Waals surface area (Å²) >= 11 is 0. The van der Waals surface area contributed by atoms with Gasteiger partial charge in [-0.25, -0.2) is 13.7 Å². The van der Waals surface area contributed by atoms with Crippen molar-refractivity contribution in [3.8, 4) is 11.1 Å². The molecule has 0 aliphatic carbocycles. The Morgan fingerprint density at radius 3 is 2.91 bits per heavy atom. The number of hydrogen-bond acceptors (Lipinski definition) is 5. The van der Waals surface area contributed by atoms with Crippen LogP contribution in [0.15, 0.2) is 54.9 Å². The number of carbonyl (C=O) groups is 1. The van der Waals surface area contributed by atoms with Gasteiger partial charge in [0.1, 0.15) is 5.82 Å². The van der Waals surface area contributed by atoms with E-state index in [4.69, 9.17) is 5.73 Å². The number of amides is 2. The first-order chi connectivity index (χ1) is 16.5. The van der Waals surface area contributed by atoms with Crippen LogP contribution in [0, 0.1) is 11.7 Å². The second-order valence-electron chi connectivity index (χ2n) is 9.13. The molecule has 0 bridgehead atoms. The van der Waals surface area contributed by atoms with Crippen molar-refractivity contribution in [1.29, 1.82) is 0 Å². The van der Waals surface area contributed by atoms with Gasteiger partial charge in [-0.1, -0.05) is 19.1 Å². The highest BCUT2D eigenvalue weighted by Gasteiger charge is 2.38. The number of likely N-dealkylation sites (tertiary alicyclic amines) is 1. The maximum atomic E-state index is 13.9. The lowest BCUT2D eigenvalue weighted by Crippen LogP contribution is -2.42. The number of benzene rings is 1. The lowest BCUT2D eigenvalue weighted by Gasteiger charge is -2.30. The van der Waals surface area contributed by atoms with Gasteiger partial charge >= 0.3 is 6.03 Å². The third-order valence-electron chi connectivity index (χ3n) is 6.72. The number of aromatic nitrogens is 4. The van der Waals surface area contributed by atoms with E-state index in [2.05, 4.69) is 22.0 Å². The molecule has 3 aromatic heterocycles. The highest BCUT2D eigenvalue weighted by Crippen LogP contribution is 2.39. The maximum absolute atomic E-state index is 13.9. The van der Waals surface area contributed by atoms with Crippen molar-refractivity contribution in [1.82, 2.24) is 24.5 Å². The van der Waals surface area contributed by atoms with E-state index in [-0.39, 0.29) is 23.8 Å². The molecule has 4 aromatic rings. The fourth-order valence-electron chi connectivity index (χ4n) is 5.12. The molecule has 2 unspecified atom stereocenters. The average molecular weight is 458 g/mol. The van der Waals surface area contributed by atoms with Crippen LogP contribution in [-0.4, -0.2) is 43.6 Å². The Labute approximate surface area is 195 Å². The molecule has 2 aliphatic heterocycles. The number of fused-ring (bicyclic) bond motifs is 2. The van der Waals surface area contributed by atoms with E-state index in [1.807, 2.05) is 40.3 Å². The largest absolute Gasteiger partial charge is 0.366 e. The van der Waals surface area contributed by atoms with Crippen LogP contribution in [0.2, 0.25) is 0 Å². The molecule has 34 heavy (non-hydrogen) atoms. The highest BCUT2D eigenvalue weighted by molar-refractivity contribution is 5.95. The Hall–Kier alpha value is -4.01. The molecule has 0 radical (unpaired) electrons. The topological polar surface area (TPSA) is 92.7 Å². The molecule has 1 aromatic carbocycles. The van der Waals surface area contributed by atoms with Crippen LogP contribution >= 0.6 is 0 Å². The van der Waals surface area contributed by atoms with E-state index in [9.17, 15) is 9.18 Å². The van der Waals surface area contributed by atoms with E-state index < -0.39 is 0 Å². The third-order valence-corrected chi connectivity index (χ3v) is 6.72. The van der Waals surface area contributed by atoms with Gasteiger partial charge < -0.3 is 10.6 Å². The number of carbonyl (C=O) groups excluding carboxylic acids is 1. The molecule has 0 saturated carbocycles. The summed E-state index contributed by atoms with van der Waals surface area (Å²) in [5, 5.41) is 4.11. The third kappa shape index (κ3) is 3.44. The van der Waals surface area contributed by atoms with Crippen LogP contribution in [0.5, 0.6) is 0 Å². The number of nitrogens with two attached hydrogens (primary N) is 1. The number of nitrogens with zero attached hydrogens (tertiary/aromatic N) is 6. The first kappa shape index (κ1) is 20.6. The minimum atomic E-state index is -0.281. The van der Waals surface area contributed by atoms with Crippen molar-refractivity contribution in [3.63, 3.8) is 0 Å². The normalized spacial score (nSPS) is 19.7. The summed E-state index contributed by atoms with van der Waals surface area (Å²) in [5.41, 5.74) is 10.7. The second kappa shape index (κ2) is 7.79. The Bertz CT molecular complexity index is 1420. The summed E-state index contributed by atoms with van der Waals surface area (Å²) in [6.07, 6.45) is 5.15. The first-order valence-electron chi connectivity index (χ1n) is 11.4. The van der Waals surface area contributed by atoms with E-state index in [1.54, 1.807) is 16.8 Å². The molecule has 2 N–H and O–H groups in total. The maximum Gasteiger partial charge on any atom is 0.325 e. The predicted octanol–water partition coefficient (Wildman–Crippen LogP) is 4.08. The van der Waals surface area contributed by atoms with Crippen molar-refractivity contribution in [2.75, 3.05) is 23.7 Å². The zero-order chi connectivity index (χ0) is 23.4.